The second-order valence-corrected chi connectivity index (χ2v) is 16.3. The van der Waals surface area contributed by atoms with Crippen LogP contribution < -0.4 is 10.7 Å². The van der Waals surface area contributed by atoms with Crippen molar-refractivity contribution in [3.8, 4) is 0 Å². The van der Waals surface area contributed by atoms with Crippen LogP contribution in [0.1, 0.15) is 112 Å². The molecule has 0 saturated heterocycles. The predicted molar refractivity (Wildman–Crippen MR) is 178 cm³/mol. The van der Waals surface area contributed by atoms with Crippen molar-refractivity contribution < 1.29 is 27.9 Å². The molecule has 0 aliphatic heterocycles. The SMILES string of the molecule is CCCN(CC(O)C(CC1CCCCC1)NC(=O)C1CC(C(=O)N(CCC)CCC)CC(S(=O)(=O)N(C)C)C1)NC(=O)C(C)C. The van der Waals surface area contributed by atoms with E-state index in [-0.39, 0.29) is 49.4 Å². The maximum atomic E-state index is 14.0. The van der Waals surface area contributed by atoms with Gasteiger partial charge in [0.15, 0.2) is 0 Å². The third-order valence-electron chi connectivity index (χ3n) is 9.41. The minimum absolute atomic E-state index is 0.0787. The van der Waals surface area contributed by atoms with E-state index < -0.39 is 39.3 Å². The summed E-state index contributed by atoms with van der Waals surface area (Å²) < 4.78 is 27.9. The normalized spacial score (nSPS) is 22.8. The fraction of sp³-hybridized carbons (Fsp3) is 0.909. The van der Waals surface area contributed by atoms with E-state index in [1.54, 1.807) is 5.01 Å². The van der Waals surface area contributed by atoms with Gasteiger partial charge in [0.1, 0.15) is 0 Å². The van der Waals surface area contributed by atoms with Gasteiger partial charge in [0.25, 0.3) is 0 Å². The van der Waals surface area contributed by atoms with E-state index in [4.69, 9.17) is 0 Å². The molecule has 0 aromatic carbocycles. The number of rotatable bonds is 18. The second kappa shape index (κ2) is 19.2. The molecule has 2 saturated carbocycles. The number of carbonyl (C=O) groups excluding carboxylic acids is 3. The van der Waals surface area contributed by atoms with Crippen LogP contribution in [0.4, 0.5) is 0 Å². The molecule has 5 atom stereocenters. The Bertz CT molecular complexity index is 1030. The van der Waals surface area contributed by atoms with Gasteiger partial charge in [-0.25, -0.2) is 17.7 Å². The summed E-state index contributed by atoms with van der Waals surface area (Å²) in [6, 6.07) is -0.562. The number of hydrogen-bond donors (Lipinski definition) is 3. The zero-order valence-electron chi connectivity index (χ0n) is 29.1. The van der Waals surface area contributed by atoms with Gasteiger partial charge in [-0.3, -0.25) is 19.8 Å². The molecule has 0 spiro atoms. The molecule has 3 amide bonds. The van der Waals surface area contributed by atoms with Crippen molar-refractivity contribution in [2.75, 3.05) is 40.3 Å². The van der Waals surface area contributed by atoms with Crippen LogP contribution in [0.2, 0.25) is 0 Å². The van der Waals surface area contributed by atoms with E-state index in [1.807, 2.05) is 39.5 Å². The molecule has 0 bridgehead atoms. The van der Waals surface area contributed by atoms with Crippen LogP contribution in [0.15, 0.2) is 0 Å². The Balaban J connectivity index is 2.33. The first-order valence-electron chi connectivity index (χ1n) is 17.5. The van der Waals surface area contributed by atoms with Crippen molar-refractivity contribution in [3.63, 3.8) is 0 Å². The lowest BCUT2D eigenvalue weighted by Gasteiger charge is -2.38. The zero-order chi connectivity index (χ0) is 33.7. The Morgan fingerprint density at radius 3 is 1.98 bits per heavy atom. The van der Waals surface area contributed by atoms with Crippen LogP contribution in [0.5, 0.6) is 0 Å². The first-order valence-corrected chi connectivity index (χ1v) is 19.0. The molecule has 2 rings (SSSR count). The molecule has 0 aromatic rings. The zero-order valence-corrected chi connectivity index (χ0v) is 29.9. The Kier molecular flexibility index (Phi) is 16.8. The smallest absolute Gasteiger partial charge is 0.236 e. The largest absolute Gasteiger partial charge is 0.390 e. The van der Waals surface area contributed by atoms with Gasteiger partial charge in [0.05, 0.1) is 17.4 Å². The number of aliphatic hydroxyl groups is 1. The predicted octanol–water partition coefficient (Wildman–Crippen LogP) is 3.53. The minimum Gasteiger partial charge on any atom is -0.390 e. The summed E-state index contributed by atoms with van der Waals surface area (Å²) in [5.41, 5.74) is 2.91. The van der Waals surface area contributed by atoms with Gasteiger partial charge < -0.3 is 15.3 Å². The topological polar surface area (TPSA) is 139 Å². The number of carbonyl (C=O) groups is 3. The number of aliphatic hydroxyl groups excluding tert-OH is 1. The van der Waals surface area contributed by atoms with E-state index in [1.165, 1.54) is 24.8 Å². The minimum atomic E-state index is -3.71. The quantitative estimate of drug-likeness (QED) is 0.192. The van der Waals surface area contributed by atoms with E-state index in [0.29, 0.717) is 32.0 Å². The van der Waals surface area contributed by atoms with Gasteiger partial charge in [-0.15, -0.1) is 0 Å². The summed E-state index contributed by atoms with van der Waals surface area (Å²) in [5.74, 6) is -1.61. The van der Waals surface area contributed by atoms with Gasteiger partial charge in [-0.1, -0.05) is 66.7 Å². The molecule has 5 unspecified atom stereocenters. The summed E-state index contributed by atoms with van der Waals surface area (Å²) >= 11 is 0. The van der Waals surface area contributed by atoms with Crippen molar-refractivity contribution in [1.29, 1.82) is 0 Å². The van der Waals surface area contributed by atoms with E-state index >= 15 is 0 Å². The summed E-state index contributed by atoms with van der Waals surface area (Å²) in [6.45, 7) is 11.6. The first kappa shape index (κ1) is 39.4. The Morgan fingerprint density at radius 2 is 1.44 bits per heavy atom. The molecule has 12 heteroatoms. The Hall–Kier alpha value is -1.76. The number of hydrogen-bond acceptors (Lipinski definition) is 7. The van der Waals surface area contributed by atoms with Gasteiger partial charge in [0, 0.05) is 58.0 Å². The molecule has 0 heterocycles. The molecule has 0 radical (unpaired) electrons. The molecule has 3 N–H and O–H groups in total. The highest BCUT2D eigenvalue weighted by molar-refractivity contribution is 7.89. The van der Waals surface area contributed by atoms with Crippen molar-refractivity contribution in [2.24, 2.45) is 23.7 Å². The molecule has 2 aliphatic carbocycles. The molecule has 2 fully saturated rings. The summed E-state index contributed by atoms with van der Waals surface area (Å²) in [5, 5.41) is 15.6. The number of hydrazine groups is 1. The standard InChI is InChI=1S/C33H63N5O6S/c1-8-16-37(17-9-2)33(42)27-20-26(21-28(22-27)45(43,44)36(6)7)32(41)34-29(19-25-14-12-11-13-15-25)30(39)23-38(18-10-3)35-31(40)24(4)5/h24-30,39H,8-23H2,1-7H3,(H,34,41)(H,35,40). The molecular formula is C33H63N5O6S. The third kappa shape index (κ3) is 12.1. The van der Waals surface area contributed by atoms with Gasteiger partial charge in [-0.05, 0) is 50.9 Å². The summed E-state index contributed by atoms with van der Waals surface area (Å²) in [6.07, 6.45) is 8.17. The molecule has 2 aliphatic rings. The van der Waals surface area contributed by atoms with Crippen molar-refractivity contribution in [2.45, 2.75) is 129 Å². The maximum absolute atomic E-state index is 14.0. The van der Waals surface area contributed by atoms with Gasteiger partial charge in [0.2, 0.25) is 27.7 Å². The molecular weight excluding hydrogens is 594 g/mol. The molecule has 262 valence electrons. The van der Waals surface area contributed by atoms with Crippen LogP contribution in [-0.2, 0) is 24.4 Å². The van der Waals surface area contributed by atoms with Crippen LogP contribution in [-0.4, -0.2) is 103 Å². The monoisotopic (exact) mass is 657 g/mol. The number of amides is 3. The number of sulfonamides is 1. The fourth-order valence-electron chi connectivity index (χ4n) is 6.85. The molecule has 45 heavy (non-hydrogen) atoms. The number of nitrogens with zero attached hydrogens (tertiary/aromatic N) is 3. The van der Waals surface area contributed by atoms with Crippen LogP contribution in [0.3, 0.4) is 0 Å². The Labute approximate surface area is 273 Å². The highest BCUT2D eigenvalue weighted by Crippen LogP contribution is 2.36. The number of nitrogens with one attached hydrogen (secondary N) is 2. The lowest BCUT2D eigenvalue weighted by Crippen LogP contribution is -2.55. The lowest BCUT2D eigenvalue weighted by molar-refractivity contribution is -0.139. The van der Waals surface area contributed by atoms with Gasteiger partial charge >= 0.3 is 0 Å². The van der Waals surface area contributed by atoms with Crippen LogP contribution in [0, 0.1) is 23.7 Å². The maximum Gasteiger partial charge on any atom is 0.236 e. The van der Waals surface area contributed by atoms with Crippen molar-refractivity contribution >= 4 is 27.7 Å². The average Bonchev–Trinajstić information content (AvgIpc) is 3.00. The molecule has 11 nitrogen and oxygen atoms in total. The van der Waals surface area contributed by atoms with Crippen LogP contribution in [0.25, 0.3) is 0 Å². The third-order valence-corrected chi connectivity index (χ3v) is 11.7. The first-order chi connectivity index (χ1) is 21.2. The Morgan fingerprint density at radius 1 is 0.867 bits per heavy atom. The summed E-state index contributed by atoms with van der Waals surface area (Å²) in [4.78, 5) is 42.0. The van der Waals surface area contributed by atoms with Gasteiger partial charge in [-0.2, -0.15) is 0 Å². The van der Waals surface area contributed by atoms with Crippen molar-refractivity contribution in [1.82, 2.24) is 25.0 Å². The summed E-state index contributed by atoms with van der Waals surface area (Å²) in [7, 11) is -0.719. The average molecular weight is 658 g/mol. The van der Waals surface area contributed by atoms with E-state index in [0.717, 1.165) is 44.9 Å². The van der Waals surface area contributed by atoms with Crippen LogP contribution >= 0.6 is 0 Å². The second-order valence-electron chi connectivity index (χ2n) is 13.9. The fourth-order valence-corrected chi connectivity index (χ4v) is 8.40. The van der Waals surface area contributed by atoms with Crippen molar-refractivity contribution in [3.05, 3.63) is 0 Å². The molecule has 0 aromatic heterocycles. The van der Waals surface area contributed by atoms with E-state index in [9.17, 15) is 27.9 Å². The highest BCUT2D eigenvalue weighted by atomic mass is 32.2. The lowest BCUT2D eigenvalue weighted by atomic mass is 9.79. The van der Waals surface area contributed by atoms with E-state index in [2.05, 4.69) is 10.7 Å². The highest BCUT2D eigenvalue weighted by Gasteiger charge is 2.44.